The number of hydrogen-bond donors (Lipinski definition) is 3. The van der Waals surface area contributed by atoms with Crippen molar-refractivity contribution in [2.24, 2.45) is 0 Å². The number of phenolic OH excluding ortho intramolecular Hbond substituents is 3. The number of aryl methyl sites for hydroxylation is 1. The Kier molecular flexibility index (Phi) is 5.22. The van der Waals surface area contributed by atoms with Gasteiger partial charge in [-0.3, -0.25) is 20.2 Å². The lowest BCUT2D eigenvalue weighted by Gasteiger charge is -1.99. The summed E-state index contributed by atoms with van der Waals surface area (Å²) in [6, 6.07) is 7.65. The van der Waals surface area contributed by atoms with Gasteiger partial charge in [0.05, 0.1) is 15.9 Å². The molecule has 0 amide bonds. The Hall–Kier alpha value is -3.36. The largest absolute Gasteiger partial charge is 0.508 e. The van der Waals surface area contributed by atoms with Crippen LogP contribution in [0.3, 0.4) is 0 Å². The summed E-state index contributed by atoms with van der Waals surface area (Å²) in [5.74, 6) is -0.365. The van der Waals surface area contributed by atoms with Gasteiger partial charge in [-0.05, 0) is 19.1 Å². The lowest BCUT2D eigenvalue weighted by atomic mass is 10.1. The first-order chi connectivity index (χ1) is 10.2. The molecular weight excluding hydrogens is 296 g/mol. The zero-order valence-corrected chi connectivity index (χ0v) is 11.3. The molecule has 3 N–H and O–H groups in total. The van der Waals surface area contributed by atoms with E-state index in [-0.39, 0.29) is 17.1 Å². The molecule has 0 spiro atoms. The number of hydrogen-bond acceptors (Lipinski definition) is 7. The van der Waals surface area contributed by atoms with Gasteiger partial charge in [0.2, 0.25) is 0 Å². The van der Waals surface area contributed by atoms with Crippen LogP contribution in [-0.2, 0) is 0 Å². The maximum atomic E-state index is 10.4. The van der Waals surface area contributed by atoms with Crippen LogP contribution in [0, 0.1) is 27.2 Å². The highest BCUT2D eigenvalue weighted by atomic mass is 16.6. The molecule has 0 aliphatic heterocycles. The zero-order chi connectivity index (χ0) is 16.9. The standard InChI is InChI=1S/C7H6N2O5.C6H6O2/c1-4-2-5(8(11)12)3-6(7(4)10)9(13)14;7-5-2-1-3-6(8)4-5/h2-3,10H,1H3;1-4,7-8H. The van der Waals surface area contributed by atoms with Crippen molar-refractivity contribution in [3.8, 4) is 17.2 Å². The first-order valence-electron chi connectivity index (χ1n) is 5.82. The predicted octanol–water partition coefficient (Wildman–Crippen LogP) is 2.61. The van der Waals surface area contributed by atoms with Crippen molar-refractivity contribution in [1.29, 1.82) is 0 Å². The fourth-order valence-corrected chi connectivity index (χ4v) is 1.48. The summed E-state index contributed by atoms with van der Waals surface area (Å²) < 4.78 is 0. The lowest BCUT2D eigenvalue weighted by molar-refractivity contribution is -0.394. The number of rotatable bonds is 2. The van der Waals surface area contributed by atoms with E-state index in [4.69, 9.17) is 10.2 Å². The van der Waals surface area contributed by atoms with E-state index < -0.39 is 27.0 Å². The van der Waals surface area contributed by atoms with E-state index in [9.17, 15) is 25.3 Å². The third kappa shape index (κ3) is 4.34. The van der Waals surface area contributed by atoms with Gasteiger partial charge in [0.1, 0.15) is 11.5 Å². The van der Waals surface area contributed by atoms with Crippen LogP contribution in [0.15, 0.2) is 36.4 Å². The molecular formula is C13H12N2O7. The molecule has 2 rings (SSSR count). The van der Waals surface area contributed by atoms with E-state index in [1.54, 1.807) is 6.07 Å². The van der Waals surface area contributed by atoms with Gasteiger partial charge in [0, 0.05) is 17.7 Å². The normalized spacial score (nSPS) is 9.50. The maximum absolute atomic E-state index is 10.4. The summed E-state index contributed by atoms with van der Waals surface area (Å²) >= 11 is 0. The van der Waals surface area contributed by atoms with Gasteiger partial charge < -0.3 is 15.3 Å². The van der Waals surface area contributed by atoms with Gasteiger partial charge in [-0.25, -0.2) is 0 Å². The molecule has 0 heterocycles. The molecule has 0 aliphatic rings. The van der Waals surface area contributed by atoms with Crippen molar-refractivity contribution in [1.82, 2.24) is 0 Å². The second kappa shape index (κ2) is 6.88. The van der Waals surface area contributed by atoms with E-state index >= 15 is 0 Å². The van der Waals surface area contributed by atoms with Gasteiger partial charge in [-0.15, -0.1) is 0 Å². The molecule has 0 saturated carbocycles. The molecule has 0 bridgehead atoms. The average molecular weight is 308 g/mol. The molecule has 22 heavy (non-hydrogen) atoms. The third-order valence-electron chi connectivity index (χ3n) is 2.50. The number of nitro groups is 2. The Morgan fingerprint density at radius 1 is 0.909 bits per heavy atom. The SMILES string of the molecule is Cc1cc([N+](=O)[O-])cc([N+](=O)[O-])c1O.Oc1cccc(O)c1. The second-order valence-corrected chi connectivity index (χ2v) is 4.16. The highest BCUT2D eigenvalue weighted by Crippen LogP contribution is 2.33. The van der Waals surface area contributed by atoms with Crippen LogP contribution in [0.2, 0.25) is 0 Å². The van der Waals surface area contributed by atoms with E-state index in [0.717, 1.165) is 12.1 Å². The zero-order valence-electron chi connectivity index (χ0n) is 11.3. The highest BCUT2D eigenvalue weighted by Gasteiger charge is 2.21. The van der Waals surface area contributed by atoms with Gasteiger partial charge in [-0.1, -0.05) is 6.07 Å². The molecule has 0 atom stereocenters. The number of nitrogens with zero attached hydrogens (tertiary/aromatic N) is 2. The molecule has 0 aliphatic carbocycles. The van der Waals surface area contributed by atoms with Crippen molar-refractivity contribution in [2.75, 3.05) is 0 Å². The Labute approximate surface area is 124 Å². The quantitative estimate of drug-likeness (QED) is 0.570. The minimum Gasteiger partial charge on any atom is -0.508 e. The van der Waals surface area contributed by atoms with E-state index in [1.165, 1.54) is 25.1 Å². The molecule has 2 aromatic carbocycles. The second-order valence-electron chi connectivity index (χ2n) is 4.16. The molecule has 0 aromatic heterocycles. The summed E-state index contributed by atoms with van der Waals surface area (Å²) in [5, 5.41) is 47.2. The Morgan fingerprint density at radius 3 is 1.82 bits per heavy atom. The Balaban J connectivity index is 0.000000255. The molecule has 2 aromatic rings. The van der Waals surface area contributed by atoms with E-state index in [0.29, 0.717) is 0 Å². The molecule has 9 nitrogen and oxygen atoms in total. The van der Waals surface area contributed by atoms with E-state index in [1.807, 2.05) is 0 Å². The fraction of sp³-hybridized carbons (Fsp3) is 0.0769. The fourth-order valence-electron chi connectivity index (χ4n) is 1.48. The third-order valence-corrected chi connectivity index (χ3v) is 2.50. The van der Waals surface area contributed by atoms with Crippen LogP contribution in [0.4, 0.5) is 11.4 Å². The van der Waals surface area contributed by atoms with Crippen LogP contribution >= 0.6 is 0 Å². The average Bonchev–Trinajstić information content (AvgIpc) is 2.41. The summed E-state index contributed by atoms with van der Waals surface area (Å²) in [6.45, 7) is 1.36. The van der Waals surface area contributed by atoms with Gasteiger partial charge in [-0.2, -0.15) is 0 Å². The van der Waals surface area contributed by atoms with Crippen LogP contribution in [0.25, 0.3) is 0 Å². The Bertz CT molecular complexity index is 698. The maximum Gasteiger partial charge on any atom is 0.317 e. The molecule has 0 fully saturated rings. The molecule has 0 saturated heterocycles. The minimum atomic E-state index is -0.866. The van der Waals surface area contributed by atoms with Crippen LogP contribution < -0.4 is 0 Å². The first kappa shape index (κ1) is 16.7. The Morgan fingerprint density at radius 2 is 1.45 bits per heavy atom. The van der Waals surface area contributed by atoms with Crippen molar-refractivity contribution in [3.63, 3.8) is 0 Å². The van der Waals surface area contributed by atoms with Crippen molar-refractivity contribution < 1.29 is 25.2 Å². The summed E-state index contributed by atoms with van der Waals surface area (Å²) in [5.41, 5.74) is -0.963. The topological polar surface area (TPSA) is 147 Å². The molecule has 116 valence electrons. The molecule has 9 heteroatoms. The number of aromatic hydroxyl groups is 3. The number of non-ortho nitro benzene ring substituents is 1. The minimum absolute atomic E-state index is 0.0880. The molecule has 0 radical (unpaired) electrons. The summed E-state index contributed by atoms with van der Waals surface area (Å²) in [6.07, 6.45) is 0. The van der Waals surface area contributed by atoms with Gasteiger partial charge in [0.25, 0.3) is 5.69 Å². The highest BCUT2D eigenvalue weighted by molar-refractivity contribution is 5.57. The van der Waals surface area contributed by atoms with Crippen LogP contribution in [-0.4, -0.2) is 25.2 Å². The number of phenols is 3. The summed E-state index contributed by atoms with van der Waals surface area (Å²) in [7, 11) is 0. The number of nitro benzene ring substituents is 2. The lowest BCUT2D eigenvalue weighted by Crippen LogP contribution is -1.94. The number of benzene rings is 2. The monoisotopic (exact) mass is 308 g/mol. The van der Waals surface area contributed by atoms with Crippen LogP contribution in [0.5, 0.6) is 17.2 Å². The predicted molar refractivity (Wildman–Crippen MR) is 75.9 cm³/mol. The van der Waals surface area contributed by atoms with Crippen molar-refractivity contribution in [3.05, 3.63) is 62.2 Å². The van der Waals surface area contributed by atoms with E-state index in [2.05, 4.69) is 0 Å². The van der Waals surface area contributed by atoms with Gasteiger partial charge in [0.15, 0.2) is 5.75 Å². The first-order valence-corrected chi connectivity index (χ1v) is 5.82. The smallest absolute Gasteiger partial charge is 0.317 e. The van der Waals surface area contributed by atoms with Crippen molar-refractivity contribution in [2.45, 2.75) is 6.92 Å². The summed E-state index contributed by atoms with van der Waals surface area (Å²) in [4.78, 5) is 19.1. The molecule has 0 unspecified atom stereocenters. The van der Waals surface area contributed by atoms with Crippen molar-refractivity contribution >= 4 is 11.4 Å². The van der Waals surface area contributed by atoms with Crippen LogP contribution in [0.1, 0.15) is 5.56 Å². The van der Waals surface area contributed by atoms with Gasteiger partial charge >= 0.3 is 5.69 Å².